The Labute approximate surface area is 225 Å². The fraction of sp³-hybridized carbons (Fsp3) is 0.852. The van der Waals surface area contributed by atoms with Crippen LogP contribution in [0.1, 0.15) is 51.4 Å². The first kappa shape index (κ1) is 30.5. The monoisotopic (exact) mass is 538 g/mol. The Morgan fingerprint density at radius 3 is 1.16 bits per heavy atom. The quantitative estimate of drug-likeness (QED) is 0.347. The highest BCUT2D eigenvalue weighted by molar-refractivity contribution is 5.83. The molecule has 0 aromatic rings. The first-order valence-electron chi connectivity index (χ1n) is 14.3. The zero-order chi connectivity index (χ0) is 27.5. The number of hydrogen-bond donors (Lipinski definition) is 3. The van der Waals surface area contributed by atoms with Crippen LogP contribution in [0.3, 0.4) is 0 Å². The van der Waals surface area contributed by atoms with Crippen LogP contribution in [0.2, 0.25) is 0 Å². The Hall–Kier alpha value is -2.08. The van der Waals surface area contributed by atoms with Crippen molar-refractivity contribution in [3.63, 3.8) is 0 Å². The molecule has 0 aromatic heterocycles. The van der Waals surface area contributed by atoms with Gasteiger partial charge in [0.2, 0.25) is 0 Å². The molecule has 1 saturated heterocycles. The van der Waals surface area contributed by atoms with Crippen molar-refractivity contribution >= 4 is 23.7 Å². The standard InChI is InChI=1S/C27H46N4O7/c32-24(23-6-4-22(5-7-23)16-21-2-1-3-21)17-28-8-10-29(18-25(33)34)12-14-31(20-27(37)38)15-13-30(11-9-28)19-26(35)36/h21-23H,1-20H2,(H,33,34)(H,35,36)(H,37,38). The van der Waals surface area contributed by atoms with Crippen LogP contribution < -0.4 is 0 Å². The van der Waals surface area contributed by atoms with Crippen molar-refractivity contribution in [3.05, 3.63) is 0 Å². The summed E-state index contributed by atoms with van der Waals surface area (Å²) in [5.74, 6) is -0.917. The number of carbonyl (C=O) groups is 4. The minimum atomic E-state index is -0.978. The van der Waals surface area contributed by atoms with E-state index in [1.807, 2.05) is 4.90 Å². The number of ketones is 1. The first-order chi connectivity index (χ1) is 18.2. The largest absolute Gasteiger partial charge is 0.480 e. The van der Waals surface area contributed by atoms with E-state index in [9.17, 15) is 34.5 Å². The van der Waals surface area contributed by atoms with E-state index in [2.05, 4.69) is 0 Å². The lowest BCUT2D eigenvalue weighted by Crippen LogP contribution is -2.49. The average Bonchev–Trinajstić information content (AvgIpc) is 2.82. The number of carboxylic acid groups (broad SMARTS) is 3. The van der Waals surface area contributed by atoms with Crippen molar-refractivity contribution in [1.82, 2.24) is 19.6 Å². The molecule has 11 nitrogen and oxygen atoms in total. The lowest BCUT2D eigenvalue weighted by Gasteiger charge is -2.35. The van der Waals surface area contributed by atoms with Gasteiger partial charge < -0.3 is 15.3 Å². The van der Waals surface area contributed by atoms with E-state index < -0.39 is 17.9 Å². The molecule has 1 heterocycles. The summed E-state index contributed by atoms with van der Waals surface area (Å²) in [4.78, 5) is 54.8. The number of aliphatic carboxylic acids is 3. The van der Waals surface area contributed by atoms with E-state index in [0.717, 1.165) is 37.5 Å². The van der Waals surface area contributed by atoms with E-state index in [0.29, 0.717) is 58.9 Å². The van der Waals surface area contributed by atoms with Gasteiger partial charge in [-0.25, -0.2) is 0 Å². The Morgan fingerprint density at radius 2 is 0.842 bits per heavy atom. The Morgan fingerprint density at radius 1 is 0.500 bits per heavy atom. The van der Waals surface area contributed by atoms with E-state index in [1.54, 1.807) is 14.7 Å². The molecule has 216 valence electrons. The fourth-order valence-corrected chi connectivity index (χ4v) is 6.05. The molecular weight excluding hydrogens is 492 g/mol. The molecule has 38 heavy (non-hydrogen) atoms. The number of hydrogen-bond acceptors (Lipinski definition) is 8. The van der Waals surface area contributed by atoms with Gasteiger partial charge in [0.05, 0.1) is 26.2 Å². The molecule has 2 aliphatic carbocycles. The lowest BCUT2D eigenvalue weighted by molar-refractivity contribution is -0.140. The predicted octanol–water partition coefficient (Wildman–Crippen LogP) is 1.03. The molecule has 0 radical (unpaired) electrons. The highest BCUT2D eigenvalue weighted by atomic mass is 16.4. The Bertz CT molecular complexity index is 766. The summed E-state index contributed by atoms with van der Waals surface area (Å²) in [5.41, 5.74) is 0. The molecule has 3 fully saturated rings. The van der Waals surface area contributed by atoms with Crippen molar-refractivity contribution < 1.29 is 34.5 Å². The van der Waals surface area contributed by atoms with Crippen molar-refractivity contribution in [2.24, 2.45) is 17.8 Å². The molecule has 2 saturated carbocycles. The minimum absolute atomic E-state index is 0.0730. The third-order valence-corrected chi connectivity index (χ3v) is 8.58. The summed E-state index contributed by atoms with van der Waals surface area (Å²) < 4.78 is 0. The van der Waals surface area contributed by atoms with Crippen LogP contribution in [0.5, 0.6) is 0 Å². The third-order valence-electron chi connectivity index (χ3n) is 8.58. The molecule has 0 spiro atoms. The molecule has 1 aliphatic heterocycles. The molecule has 3 aliphatic rings. The van der Waals surface area contributed by atoms with Gasteiger partial charge in [-0.15, -0.1) is 0 Å². The van der Waals surface area contributed by atoms with Crippen LogP contribution in [0.15, 0.2) is 0 Å². The van der Waals surface area contributed by atoms with E-state index >= 15 is 0 Å². The zero-order valence-corrected chi connectivity index (χ0v) is 22.6. The molecule has 0 bridgehead atoms. The van der Waals surface area contributed by atoms with Crippen LogP contribution in [-0.4, -0.2) is 137 Å². The van der Waals surface area contributed by atoms with Gasteiger partial charge >= 0.3 is 17.9 Å². The lowest BCUT2D eigenvalue weighted by atomic mass is 9.72. The molecule has 0 amide bonds. The number of nitrogens with zero attached hydrogens (tertiary/aromatic N) is 4. The van der Waals surface area contributed by atoms with Crippen LogP contribution in [0.25, 0.3) is 0 Å². The van der Waals surface area contributed by atoms with Gasteiger partial charge in [0.25, 0.3) is 0 Å². The van der Waals surface area contributed by atoms with Gasteiger partial charge in [0.15, 0.2) is 0 Å². The Kier molecular flexibility index (Phi) is 12.4. The van der Waals surface area contributed by atoms with Crippen LogP contribution in [-0.2, 0) is 19.2 Å². The van der Waals surface area contributed by atoms with Gasteiger partial charge in [0.1, 0.15) is 5.78 Å². The number of Topliss-reactive ketones (excluding diaryl/α,β-unsaturated/α-hetero) is 1. The first-order valence-corrected chi connectivity index (χ1v) is 14.3. The smallest absolute Gasteiger partial charge is 0.317 e. The summed E-state index contributed by atoms with van der Waals surface area (Å²) in [6.07, 6.45) is 9.54. The van der Waals surface area contributed by atoms with Crippen LogP contribution in [0.4, 0.5) is 0 Å². The van der Waals surface area contributed by atoms with E-state index in [4.69, 9.17) is 0 Å². The summed E-state index contributed by atoms with van der Waals surface area (Å²) in [7, 11) is 0. The summed E-state index contributed by atoms with van der Waals surface area (Å²) >= 11 is 0. The van der Waals surface area contributed by atoms with Gasteiger partial charge in [0, 0.05) is 58.3 Å². The van der Waals surface area contributed by atoms with Crippen molar-refractivity contribution in [2.75, 3.05) is 78.5 Å². The number of carbonyl (C=O) groups excluding carboxylic acids is 1. The topological polar surface area (TPSA) is 142 Å². The highest BCUT2D eigenvalue weighted by Crippen LogP contribution is 2.39. The van der Waals surface area contributed by atoms with E-state index in [-0.39, 0.29) is 31.3 Å². The van der Waals surface area contributed by atoms with Crippen molar-refractivity contribution in [1.29, 1.82) is 0 Å². The molecular formula is C27H46N4O7. The maximum atomic E-state index is 13.3. The SMILES string of the molecule is O=C(O)CN1CCN(CC(=O)O)CCN(CC(=O)C2CCC(CC3CCC3)CC2)CCN(CC(=O)O)CC1. The van der Waals surface area contributed by atoms with Crippen LogP contribution in [0, 0.1) is 17.8 Å². The molecule has 0 atom stereocenters. The molecule has 11 heteroatoms. The average molecular weight is 539 g/mol. The van der Waals surface area contributed by atoms with Crippen molar-refractivity contribution in [3.8, 4) is 0 Å². The number of carboxylic acids is 3. The minimum Gasteiger partial charge on any atom is -0.480 e. The maximum absolute atomic E-state index is 13.3. The van der Waals surface area contributed by atoms with Gasteiger partial charge in [-0.1, -0.05) is 19.3 Å². The van der Waals surface area contributed by atoms with Crippen molar-refractivity contribution in [2.45, 2.75) is 51.4 Å². The third kappa shape index (κ3) is 11.0. The van der Waals surface area contributed by atoms with Gasteiger partial charge in [-0.2, -0.15) is 0 Å². The Balaban J connectivity index is 1.60. The summed E-state index contributed by atoms with van der Waals surface area (Å²) in [5, 5.41) is 28.0. The molecule has 3 N–H and O–H groups in total. The fourth-order valence-electron chi connectivity index (χ4n) is 6.05. The van der Waals surface area contributed by atoms with E-state index in [1.165, 1.54) is 25.7 Å². The normalized spacial score (nSPS) is 26.1. The molecule has 3 rings (SSSR count). The highest BCUT2D eigenvalue weighted by Gasteiger charge is 2.30. The van der Waals surface area contributed by atoms with Gasteiger partial charge in [-0.05, 0) is 43.9 Å². The number of rotatable bonds is 11. The maximum Gasteiger partial charge on any atom is 0.317 e. The van der Waals surface area contributed by atoms with Gasteiger partial charge in [-0.3, -0.25) is 38.8 Å². The van der Waals surface area contributed by atoms with Crippen LogP contribution >= 0.6 is 0 Å². The zero-order valence-electron chi connectivity index (χ0n) is 22.6. The summed E-state index contributed by atoms with van der Waals surface area (Å²) in [6, 6.07) is 0. The molecule has 0 aromatic carbocycles. The summed E-state index contributed by atoms with van der Waals surface area (Å²) in [6.45, 7) is 3.16. The second kappa shape index (κ2) is 15.5. The second-order valence-corrected chi connectivity index (χ2v) is 11.5. The predicted molar refractivity (Wildman–Crippen MR) is 141 cm³/mol. The molecule has 0 unspecified atom stereocenters. The second-order valence-electron chi connectivity index (χ2n) is 11.5.